The number of H-pyrrole nitrogens is 2. The summed E-state index contributed by atoms with van der Waals surface area (Å²) in [4.78, 5) is 40.4. The fourth-order valence-electron chi connectivity index (χ4n) is 4.77. The number of carbonyl (C=O) groups excluding carboxylic acids is 2. The van der Waals surface area contributed by atoms with Crippen LogP contribution in [-0.2, 0) is 17.8 Å². The first-order chi connectivity index (χ1) is 17.7. The number of aromatic nitrogens is 6. The number of aromatic amines is 2. The number of ketones is 1. The van der Waals surface area contributed by atoms with E-state index in [9.17, 15) is 9.59 Å². The lowest BCUT2D eigenvalue weighted by atomic mass is 9.92. The predicted octanol–water partition coefficient (Wildman–Crippen LogP) is 2.40. The lowest BCUT2D eigenvalue weighted by Gasteiger charge is -2.29. The highest BCUT2D eigenvalue weighted by molar-refractivity contribution is 6.45. The van der Waals surface area contributed by atoms with Crippen molar-refractivity contribution < 1.29 is 19.0 Å². The van der Waals surface area contributed by atoms with Crippen molar-refractivity contribution in [3.05, 3.63) is 84.1 Å². The highest BCUT2D eigenvalue weighted by Gasteiger charge is 2.31. The predicted molar refractivity (Wildman–Crippen MR) is 129 cm³/mol. The summed E-state index contributed by atoms with van der Waals surface area (Å²) in [5, 5.41) is 7.24. The first-order valence-electron chi connectivity index (χ1n) is 11.5. The minimum absolute atomic E-state index is 0.239. The highest BCUT2D eigenvalue weighted by atomic mass is 16.5. The van der Waals surface area contributed by atoms with Crippen molar-refractivity contribution >= 4 is 22.6 Å². The SMILES string of the molecule is COc1cnc(-[n+]2ccn[nH]2)c2[nH]cc(C(=O)C(=O)N3CCc4c(cccc4-c4ccccn4)C3)c12. The molecule has 2 N–H and O–H groups in total. The minimum atomic E-state index is -0.601. The second-order valence-corrected chi connectivity index (χ2v) is 8.46. The van der Waals surface area contributed by atoms with E-state index in [4.69, 9.17) is 4.74 Å². The molecule has 0 saturated heterocycles. The third-order valence-corrected chi connectivity index (χ3v) is 6.49. The van der Waals surface area contributed by atoms with Crippen LogP contribution >= 0.6 is 0 Å². The number of benzene rings is 1. The Bertz CT molecular complexity index is 1590. The van der Waals surface area contributed by atoms with Crippen molar-refractivity contribution in [3.63, 3.8) is 0 Å². The number of hydrogen-bond donors (Lipinski definition) is 2. The number of rotatable bonds is 5. The summed E-state index contributed by atoms with van der Waals surface area (Å²) in [6.45, 7) is 0.800. The first-order valence-corrected chi connectivity index (χ1v) is 11.5. The molecule has 0 atom stereocenters. The molecular formula is C26H22N7O3+. The van der Waals surface area contributed by atoms with Crippen LogP contribution in [0.1, 0.15) is 21.5 Å². The molecule has 10 heteroatoms. The standard InChI is InChI=1S/C26H21N7O3/c1-36-21-14-29-25(33-12-10-30-31-33)23-22(21)19(13-28-23)24(34)26(35)32-11-8-17-16(15-32)5-4-6-18(17)20-7-2-3-9-27-20/h2-7,9-10,12-14H,8,11,15H2,1H3,(H,28,29,34)/p+1. The second kappa shape index (κ2) is 8.73. The maximum Gasteiger partial charge on any atom is 0.308 e. The van der Waals surface area contributed by atoms with Gasteiger partial charge in [-0.2, -0.15) is 0 Å². The maximum atomic E-state index is 13.5. The summed E-state index contributed by atoms with van der Waals surface area (Å²) < 4.78 is 7.08. The third kappa shape index (κ3) is 3.50. The quantitative estimate of drug-likeness (QED) is 0.226. The molecule has 5 aromatic rings. The number of pyridine rings is 2. The minimum Gasteiger partial charge on any atom is -0.493 e. The van der Waals surface area contributed by atoms with Crippen LogP contribution in [-0.4, -0.2) is 55.5 Å². The van der Waals surface area contributed by atoms with Gasteiger partial charge in [0.1, 0.15) is 17.9 Å². The van der Waals surface area contributed by atoms with Gasteiger partial charge in [-0.25, -0.2) is 0 Å². The molecule has 0 fully saturated rings. The summed E-state index contributed by atoms with van der Waals surface area (Å²) in [6.07, 6.45) is 8.76. The van der Waals surface area contributed by atoms with Crippen LogP contribution < -0.4 is 9.42 Å². The number of methoxy groups -OCH3 is 1. The monoisotopic (exact) mass is 480 g/mol. The van der Waals surface area contributed by atoms with E-state index in [1.54, 1.807) is 28.2 Å². The average Bonchev–Trinajstić information content (AvgIpc) is 3.63. The number of Topliss-reactive ketones (excluding diaryl/α,β-unsaturated/α-hetero) is 1. The Hall–Kier alpha value is -4.86. The van der Waals surface area contributed by atoms with E-state index in [2.05, 4.69) is 25.3 Å². The third-order valence-electron chi connectivity index (χ3n) is 6.49. The number of carbonyl (C=O) groups is 2. The smallest absolute Gasteiger partial charge is 0.308 e. The zero-order valence-corrected chi connectivity index (χ0v) is 19.4. The first kappa shape index (κ1) is 21.7. The Morgan fingerprint density at radius 1 is 1.11 bits per heavy atom. The summed E-state index contributed by atoms with van der Waals surface area (Å²) in [6, 6.07) is 11.8. The Morgan fingerprint density at radius 3 is 2.81 bits per heavy atom. The van der Waals surface area contributed by atoms with Crippen molar-refractivity contribution in [1.82, 2.24) is 30.2 Å². The molecule has 1 aliphatic heterocycles. The van der Waals surface area contributed by atoms with Gasteiger partial charge in [0.25, 0.3) is 11.7 Å². The Kier molecular flexibility index (Phi) is 5.25. The zero-order chi connectivity index (χ0) is 24.6. The summed E-state index contributed by atoms with van der Waals surface area (Å²) in [7, 11) is 1.50. The molecule has 10 nitrogen and oxygen atoms in total. The molecule has 0 spiro atoms. The van der Waals surface area contributed by atoms with Crippen molar-refractivity contribution in [2.75, 3.05) is 13.7 Å². The van der Waals surface area contributed by atoms with Crippen molar-refractivity contribution in [2.24, 2.45) is 0 Å². The van der Waals surface area contributed by atoms with Crippen LogP contribution in [0.4, 0.5) is 0 Å². The van der Waals surface area contributed by atoms with Gasteiger partial charge in [-0.1, -0.05) is 24.3 Å². The molecule has 0 bridgehead atoms. The lowest BCUT2D eigenvalue weighted by Crippen LogP contribution is -2.40. The molecule has 36 heavy (non-hydrogen) atoms. The molecule has 0 radical (unpaired) electrons. The number of amides is 1. The van der Waals surface area contributed by atoms with E-state index >= 15 is 0 Å². The number of fused-ring (bicyclic) bond motifs is 2. The molecule has 0 saturated carbocycles. The van der Waals surface area contributed by atoms with E-state index < -0.39 is 11.7 Å². The van der Waals surface area contributed by atoms with Gasteiger partial charge in [-0.15, -0.1) is 14.9 Å². The summed E-state index contributed by atoms with van der Waals surface area (Å²) in [5.41, 5.74) is 4.94. The summed E-state index contributed by atoms with van der Waals surface area (Å²) >= 11 is 0. The van der Waals surface area contributed by atoms with Crippen LogP contribution in [0.2, 0.25) is 0 Å². The van der Waals surface area contributed by atoms with Crippen molar-refractivity contribution in [1.29, 1.82) is 0 Å². The zero-order valence-electron chi connectivity index (χ0n) is 19.4. The van der Waals surface area contributed by atoms with Crippen LogP contribution in [0.3, 0.4) is 0 Å². The molecule has 1 amide bonds. The maximum absolute atomic E-state index is 13.5. The van der Waals surface area contributed by atoms with Gasteiger partial charge in [0.05, 0.1) is 23.8 Å². The van der Waals surface area contributed by atoms with E-state index in [1.807, 2.05) is 36.4 Å². The number of ether oxygens (including phenoxy) is 1. The Morgan fingerprint density at radius 2 is 2.03 bits per heavy atom. The molecule has 178 valence electrons. The van der Waals surface area contributed by atoms with Crippen molar-refractivity contribution in [3.8, 4) is 22.8 Å². The molecule has 5 heterocycles. The molecule has 0 aliphatic carbocycles. The Balaban J connectivity index is 1.32. The molecule has 1 aromatic carbocycles. The van der Waals surface area contributed by atoms with Gasteiger partial charge >= 0.3 is 5.82 Å². The molecular weight excluding hydrogens is 458 g/mol. The highest BCUT2D eigenvalue weighted by Crippen LogP contribution is 2.32. The van der Waals surface area contributed by atoms with Crippen LogP contribution in [0, 0.1) is 0 Å². The number of hydrogen-bond acceptors (Lipinski definition) is 6. The summed E-state index contributed by atoms with van der Waals surface area (Å²) in [5.74, 6) is -0.256. The van der Waals surface area contributed by atoms with E-state index in [-0.39, 0.29) is 5.56 Å². The largest absolute Gasteiger partial charge is 0.493 e. The molecule has 1 aliphatic rings. The average molecular weight is 481 g/mol. The normalized spacial score (nSPS) is 13.0. The van der Waals surface area contributed by atoms with E-state index in [0.717, 1.165) is 22.4 Å². The van der Waals surface area contributed by atoms with Crippen LogP contribution in [0.5, 0.6) is 5.75 Å². The van der Waals surface area contributed by atoms with E-state index in [0.29, 0.717) is 42.0 Å². The fraction of sp³-hybridized carbons (Fsp3) is 0.154. The van der Waals surface area contributed by atoms with Crippen molar-refractivity contribution in [2.45, 2.75) is 13.0 Å². The van der Waals surface area contributed by atoms with Gasteiger partial charge in [0.15, 0.2) is 11.9 Å². The fourth-order valence-corrected chi connectivity index (χ4v) is 4.77. The van der Waals surface area contributed by atoms with Gasteiger partial charge in [0.2, 0.25) is 0 Å². The molecule has 0 unspecified atom stereocenters. The topological polar surface area (TPSA) is 121 Å². The van der Waals surface area contributed by atoms with Gasteiger partial charge in [-0.3, -0.25) is 14.6 Å². The van der Waals surface area contributed by atoms with Crippen LogP contribution in [0.15, 0.2) is 67.4 Å². The van der Waals surface area contributed by atoms with Gasteiger partial charge in [0, 0.05) is 31.0 Å². The number of nitrogens with one attached hydrogen (secondary N) is 2. The lowest BCUT2D eigenvalue weighted by molar-refractivity contribution is -0.661. The molecule has 6 rings (SSSR count). The Labute approximate surface area is 205 Å². The van der Waals surface area contributed by atoms with Gasteiger partial charge in [-0.05, 0) is 34.8 Å². The second-order valence-electron chi connectivity index (χ2n) is 8.46. The number of nitrogens with zero attached hydrogens (tertiary/aromatic N) is 5. The van der Waals surface area contributed by atoms with Gasteiger partial charge < -0.3 is 14.6 Å². The molecule has 4 aromatic heterocycles. The van der Waals surface area contributed by atoms with Crippen LogP contribution in [0.25, 0.3) is 28.0 Å². The van der Waals surface area contributed by atoms with E-state index in [1.165, 1.54) is 19.5 Å².